The molecule has 1 N–H and O–H groups in total. The second-order valence-electron chi connectivity index (χ2n) is 7.65. The van der Waals surface area contributed by atoms with E-state index in [0.717, 1.165) is 56.3 Å². The molecule has 0 radical (unpaired) electrons. The van der Waals surface area contributed by atoms with Gasteiger partial charge >= 0.3 is 0 Å². The molecule has 2 heterocycles. The van der Waals surface area contributed by atoms with Gasteiger partial charge in [0, 0.05) is 44.0 Å². The summed E-state index contributed by atoms with van der Waals surface area (Å²) in [5.74, 6) is 0.955. The Hall–Kier alpha value is -2.89. The third kappa shape index (κ3) is 5.34. The van der Waals surface area contributed by atoms with Crippen LogP contribution in [-0.2, 0) is 13.1 Å². The molecule has 29 heavy (non-hydrogen) atoms. The number of anilines is 1. The van der Waals surface area contributed by atoms with Gasteiger partial charge in [-0.2, -0.15) is 0 Å². The molecule has 0 atom stereocenters. The molecule has 4 rings (SSSR count). The van der Waals surface area contributed by atoms with Gasteiger partial charge in [0.05, 0.1) is 12.8 Å². The van der Waals surface area contributed by atoms with E-state index >= 15 is 0 Å². The number of rotatable bonds is 6. The molecule has 1 fully saturated rings. The summed E-state index contributed by atoms with van der Waals surface area (Å²) in [4.78, 5) is 17.3. The van der Waals surface area contributed by atoms with Crippen molar-refractivity contribution in [3.63, 3.8) is 0 Å². The standard InChI is InChI=1S/C24H27N3O2/c1-19-4-2-5-21(16-19)24(28)25-22-9-7-20(8-10-22)17-26-11-13-27(14-12-26)18-23-6-3-15-29-23/h2-10,15-16H,11-14,17-18H2,1H3,(H,25,28). The Bertz CT molecular complexity index is 927. The van der Waals surface area contributed by atoms with E-state index in [1.807, 2.05) is 55.5 Å². The SMILES string of the molecule is Cc1cccc(C(=O)Nc2ccc(CN3CCN(Cc4ccco4)CC3)cc2)c1. The van der Waals surface area contributed by atoms with Crippen molar-refractivity contribution in [1.82, 2.24) is 9.80 Å². The van der Waals surface area contributed by atoms with Gasteiger partial charge in [-0.05, 0) is 48.9 Å². The maximum Gasteiger partial charge on any atom is 0.255 e. The lowest BCUT2D eigenvalue weighted by Crippen LogP contribution is -2.45. The van der Waals surface area contributed by atoms with Crippen molar-refractivity contribution in [3.8, 4) is 0 Å². The maximum absolute atomic E-state index is 12.4. The predicted molar refractivity (Wildman–Crippen MR) is 115 cm³/mol. The molecule has 5 heteroatoms. The van der Waals surface area contributed by atoms with Crippen LogP contribution >= 0.6 is 0 Å². The lowest BCUT2D eigenvalue weighted by molar-refractivity contribution is 0.102. The van der Waals surface area contributed by atoms with Crippen molar-refractivity contribution in [2.45, 2.75) is 20.0 Å². The molecule has 1 saturated heterocycles. The Morgan fingerprint density at radius 2 is 1.66 bits per heavy atom. The number of carbonyl (C=O) groups excluding carboxylic acids is 1. The summed E-state index contributed by atoms with van der Waals surface area (Å²) >= 11 is 0. The van der Waals surface area contributed by atoms with Gasteiger partial charge in [0.25, 0.3) is 5.91 Å². The van der Waals surface area contributed by atoms with Gasteiger partial charge in [0.1, 0.15) is 5.76 Å². The highest BCUT2D eigenvalue weighted by atomic mass is 16.3. The predicted octanol–water partition coefficient (Wildman–Crippen LogP) is 4.16. The topological polar surface area (TPSA) is 48.7 Å². The monoisotopic (exact) mass is 389 g/mol. The fraction of sp³-hybridized carbons (Fsp3) is 0.292. The fourth-order valence-corrected chi connectivity index (χ4v) is 3.67. The number of nitrogens with one attached hydrogen (secondary N) is 1. The minimum Gasteiger partial charge on any atom is -0.468 e. The second-order valence-corrected chi connectivity index (χ2v) is 7.65. The molecular formula is C24H27N3O2. The van der Waals surface area contributed by atoms with Crippen LogP contribution in [-0.4, -0.2) is 41.9 Å². The molecule has 5 nitrogen and oxygen atoms in total. The normalized spacial score (nSPS) is 15.3. The van der Waals surface area contributed by atoms with E-state index in [0.29, 0.717) is 5.56 Å². The number of benzene rings is 2. The van der Waals surface area contributed by atoms with Crippen LogP contribution in [0.3, 0.4) is 0 Å². The minimum absolute atomic E-state index is 0.0749. The summed E-state index contributed by atoms with van der Waals surface area (Å²) in [6.07, 6.45) is 1.73. The van der Waals surface area contributed by atoms with Crippen molar-refractivity contribution >= 4 is 11.6 Å². The largest absolute Gasteiger partial charge is 0.468 e. The van der Waals surface area contributed by atoms with Crippen molar-refractivity contribution in [2.75, 3.05) is 31.5 Å². The molecular weight excluding hydrogens is 362 g/mol. The molecule has 0 saturated carbocycles. The van der Waals surface area contributed by atoms with E-state index in [9.17, 15) is 4.79 Å². The van der Waals surface area contributed by atoms with Crippen LogP contribution in [0.15, 0.2) is 71.3 Å². The Kier molecular flexibility index (Phi) is 6.08. The molecule has 0 spiro atoms. The second kappa shape index (κ2) is 9.07. The number of furan rings is 1. The van der Waals surface area contributed by atoms with Crippen molar-refractivity contribution in [3.05, 3.63) is 89.4 Å². The molecule has 3 aromatic rings. The number of hydrogen-bond donors (Lipinski definition) is 1. The van der Waals surface area contributed by atoms with Gasteiger partial charge in [-0.1, -0.05) is 29.8 Å². The Labute approximate surface area is 171 Å². The Balaban J connectivity index is 1.26. The van der Waals surface area contributed by atoms with Gasteiger partial charge in [-0.25, -0.2) is 0 Å². The molecule has 1 aromatic heterocycles. The zero-order valence-electron chi connectivity index (χ0n) is 16.8. The Morgan fingerprint density at radius 3 is 2.31 bits per heavy atom. The van der Waals surface area contributed by atoms with Gasteiger partial charge in [-0.3, -0.25) is 14.6 Å². The molecule has 1 aliphatic heterocycles. The highest BCUT2D eigenvalue weighted by Crippen LogP contribution is 2.15. The highest BCUT2D eigenvalue weighted by molar-refractivity contribution is 6.04. The summed E-state index contributed by atoms with van der Waals surface area (Å²) in [6.45, 7) is 8.00. The maximum atomic E-state index is 12.4. The molecule has 1 aliphatic rings. The third-order valence-corrected chi connectivity index (χ3v) is 5.32. The number of hydrogen-bond acceptors (Lipinski definition) is 4. The lowest BCUT2D eigenvalue weighted by Gasteiger charge is -2.34. The molecule has 150 valence electrons. The summed E-state index contributed by atoms with van der Waals surface area (Å²) < 4.78 is 5.45. The number of amides is 1. The van der Waals surface area contributed by atoms with Crippen molar-refractivity contribution in [2.24, 2.45) is 0 Å². The summed E-state index contributed by atoms with van der Waals surface area (Å²) in [6, 6.07) is 19.8. The molecule has 2 aromatic carbocycles. The summed E-state index contributed by atoms with van der Waals surface area (Å²) in [7, 11) is 0. The van der Waals surface area contributed by atoms with Crippen molar-refractivity contribution < 1.29 is 9.21 Å². The fourth-order valence-electron chi connectivity index (χ4n) is 3.67. The number of aryl methyl sites for hydroxylation is 1. The summed E-state index contributed by atoms with van der Waals surface area (Å²) in [5.41, 5.74) is 3.85. The lowest BCUT2D eigenvalue weighted by atomic mass is 10.1. The molecule has 0 bridgehead atoms. The zero-order valence-corrected chi connectivity index (χ0v) is 16.8. The first-order chi connectivity index (χ1) is 14.2. The van der Waals surface area contributed by atoms with Gasteiger partial charge < -0.3 is 9.73 Å². The first kappa shape index (κ1) is 19.4. The van der Waals surface area contributed by atoms with Gasteiger partial charge in [0.2, 0.25) is 0 Å². The van der Waals surface area contributed by atoms with Gasteiger partial charge in [-0.15, -0.1) is 0 Å². The third-order valence-electron chi connectivity index (χ3n) is 5.32. The molecule has 0 aliphatic carbocycles. The van der Waals surface area contributed by atoms with Crippen LogP contribution in [0.2, 0.25) is 0 Å². The summed E-state index contributed by atoms with van der Waals surface area (Å²) in [5, 5.41) is 2.97. The molecule has 0 unspecified atom stereocenters. The van der Waals surface area contributed by atoms with E-state index < -0.39 is 0 Å². The average molecular weight is 389 g/mol. The minimum atomic E-state index is -0.0749. The van der Waals surface area contributed by atoms with Gasteiger partial charge in [0.15, 0.2) is 0 Å². The van der Waals surface area contributed by atoms with E-state index in [2.05, 4.69) is 27.2 Å². The van der Waals surface area contributed by atoms with E-state index in [1.165, 1.54) is 5.56 Å². The van der Waals surface area contributed by atoms with Crippen LogP contribution < -0.4 is 5.32 Å². The first-order valence-corrected chi connectivity index (χ1v) is 10.1. The number of nitrogens with zero attached hydrogens (tertiary/aromatic N) is 2. The van der Waals surface area contributed by atoms with E-state index in [4.69, 9.17) is 4.42 Å². The van der Waals surface area contributed by atoms with Crippen LogP contribution in [0.25, 0.3) is 0 Å². The van der Waals surface area contributed by atoms with Crippen LogP contribution in [0.1, 0.15) is 27.2 Å². The highest BCUT2D eigenvalue weighted by Gasteiger charge is 2.17. The number of piperazine rings is 1. The molecule has 1 amide bonds. The first-order valence-electron chi connectivity index (χ1n) is 10.1. The van der Waals surface area contributed by atoms with E-state index in [1.54, 1.807) is 6.26 Å². The average Bonchev–Trinajstić information content (AvgIpc) is 3.24. The zero-order chi connectivity index (χ0) is 20.1. The smallest absolute Gasteiger partial charge is 0.255 e. The van der Waals surface area contributed by atoms with Crippen molar-refractivity contribution in [1.29, 1.82) is 0 Å². The quantitative estimate of drug-likeness (QED) is 0.688. The van der Waals surface area contributed by atoms with Crippen LogP contribution in [0, 0.1) is 6.92 Å². The van der Waals surface area contributed by atoms with E-state index in [-0.39, 0.29) is 5.91 Å². The van der Waals surface area contributed by atoms with Crippen LogP contribution in [0.4, 0.5) is 5.69 Å². The Morgan fingerprint density at radius 1 is 0.931 bits per heavy atom. The number of carbonyl (C=O) groups is 1. The van der Waals surface area contributed by atoms with Crippen LogP contribution in [0.5, 0.6) is 0 Å².